The Morgan fingerprint density at radius 3 is 2.69 bits per heavy atom. The third kappa shape index (κ3) is 1.28. The molecule has 13 heavy (non-hydrogen) atoms. The Bertz CT molecular complexity index is 404. The molecule has 0 spiro atoms. The van der Waals surface area contributed by atoms with Crippen LogP contribution >= 0.6 is 0 Å². The number of carbonyl (C=O) groups is 1. The SMILES string of the molecule is C[N+]1=C(c2ccccn2)C=CC1=O. The van der Waals surface area contributed by atoms with Gasteiger partial charge in [-0.25, -0.2) is 9.78 Å². The third-order valence-corrected chi connectivity index (χ3v) is 2.00. The Hall–Kier alpha value is -1.77. The summed E-state index contributed by atoms with van der Waals surface area (Å²) in [5.74, 6) is 0.000605. The number of aromatic nitrogens is 1. The third-order valence-electron chi connectivity index (χ3n) is 2.00. The smallest absolute Gasteiger partial charge is 0.250 e. The topological polar surface area (TPSA) is 33.0 Å². The first-order valence-corrected chi connectivity index (χ1v) is 4.03. The number of pyridine rings is 1. The maximum absolute atomic E-state index is 11.1. The van der Waals surface area contributed by atoms with Gasteiger partial charge in [0, 0.05) is 12.3 Å². The largest absolute Gasteiger partial charge is 0.412 e. The molecule has 2 rings (SSSR count). The van der Waals surface area contributed by atoms with Crippen molar-refractivity contribution in [2.45, 2.75) is 0 Å². The van der Waals surface area contributed by atoms with Gasteiger partial charge >= 0.3 is 5.91 Å². The van der Waals surface area contributed by atoms with Crippen LogP contribution in [0.4, 0.5) is 0 Å². The summed E-state index contributed by atoms with van der Waals surface area (Å²) >= 11 is 0. The minimum absolute atomic E-state index is 0.000605. The van der Waals surface area contributed by atoms with Gasteiger partial charge in [0.25, 0.3) is 0 Å². The van der Waals surface area contributed by atoms with E-state index in [1.807, 2.05) is 18.2 Å². The number of carbonyl (C=O) groups excluding carboxylic acids is 1. The first kappa shape index (κ1) is 7.86. The first-order valence-electron chi connectivity index (χ1n) is 4.03. The lowest BCUT2D eigenvalue weighted by Crippen LogP contribution is -2.17. The summed E-state index contributed by atoms with van der Waals surface area (Å²) in [6, 6.07) is 5.64. The molecule has 0 radical (unpaired) electrons. The predicted octanol–water partition coefficient (Wildman–Crippen LogP) is 0.609. The molecule has 2 heterocycles. The van der Waals surface area contributed by atoms with Crippen molar-refractivity contribution >= 4 is 11.6 Å². The maximum Gasteiger partial charge on any atom is 0.412 e. The second-order valence-electron chi connectivity index (χ2n) is 2.83. The summed E-state index contributed by atoms with van der Waals surface area (Å²) in [7, 11) is 1.74. The summed E-state index contributed by atoms with van der Waals surface area (Å²) in [4.78, 5) is 15.3. The number of amides is 1. The molecule has 64 valence electrons. The van der Waals surface area contributed by atoms with E-state index in [4.69, 9.17) is 0 Å². The fourth-order valence-corrected chi connectivity index (χ4v) is 1.26. The first-order chi connectivity index (χ1) is 6.29. The van der Waals surface area contributed by atoms with E-state index in [0.717, 1.165) is 11.4 Å². The summed E-state index contributed by atoms with van der Waals surface area (Å²) in [6.45, 7) is 0. The molecule has 1 aromatic heterocycles. The van der Waals surface area contributed by atoms with E-state index in [1.165, 1.54) is 0 Å². The van der Waals surface area contributed by atoms with Gasteiger partial charge in [-0.05, 0) is 12.1 Å². The van der Waals surface area contributed by atoms with Crippen molar-refractivity contribution in [2.24, 2.45) is 0 Å². The van der Waals surface area contributed by atoms with Gasteiger partial charge in [0.2, 0.25) is 5.71 Å². The molecular formula is C10H9N2O+. The van der Waals surface area contributed by atoms with Crippen LogP contribution in [0.15, 0.2) is 36.5 Å². The van der Waals surface area contributed by atoms with Crippen LogP contribution in [0.1, 0.15) is 5.69 Å². The van der Waals surface area contributed by atoms with Gasteiger partial charge in [-0.1, -0.05) is 6.07 Å². The zero-order valence-corrected chi connectivity index (χ0v) is 7.27. The van der Waals surface area contributed by atoms with Gasteiger partial charge in [0.15, 0.2) is 0 Å². The van der Waals surface area contributed by atoms with Crippen molar-refractivity contribution in [1.29, 1.82) is 0 Å². The standard InChI is InChI=1S/C10H9N2O/c1-12-9(5-6-10(12)13)8-4-2-3-7-11-8/h2-7H,1H3/q+1. The molecule has 0 bridgehead atoms. The monoisotopic (exact) mass is 173 g/mol. The second-order valence-corrected chi connectivity index (χ2v) is 2.83. The Morgan fingerprint density at radius 2 is 2.15 bits per heavy atom. The lowest BCUT2D eigenvalue weighted by atomic mass is 10.2. The number of rotatable bonds is 1. The fraction of sp³-hybridized carbons (Fsp3) is 0.100. The highest BCUT2D eigenvalue weighted by atomic mass is 16.2. The molecule has 0 N–H and O–H groups in total. The van der Waals surface area contributed by atoms with Crippen molar-refractivity contribution in [3.63, 3.8) is 0 Å². The van der Waals surface area contributed by atoms with E-state index in [9.17, 15) is 4.79 Å². The van der Waals surface area contributed by atoms with Gasteiger partial charge in [0.05, 0.1) is 6.08 Å². The van der Waals surface area contributed by atoms with Crippen molar-refractivity contribution in [3.05, 3.63) is 42.2 Å². The summed E-state index contributed by atoms with van der Waals surface area (Å²) in [5.41, 5.74) is 1.68. The lowest BCUT2D eigenvalue weighted by Gasteiger charge is -1.93. The van der Waals surface area contributed by atoms with Crippen molar-refractivity contribution in [1.82, 2.24) is 4.98 Å². The molecule has 1 aliphatic rings. The molecule has 0 saturated carbocycles. The second kappa shape index (κ2) is 2.94. The zero-order chi connectivity index (χ0) is 9.26. The van der Waals surface area contributed by atoms with Crippen molar-refractivity contribution in [3.8, 4) is 0 Å². The van der Waals surface area contributed by atoms with Gasteiger partial charge in [-0.3, -0.25) is 0 Å². The average Bonchev–Trinajstić information content (AvgIpc) is 2.49. The van der Waals surface area contributed by atoms with Crippen LogP contribution in [0.2, 0.25) is 0 Å². The Kier molecular flexibility index (Phi) is 1.77. The zero-order valence-electron chi connectivity index (χ0n) is 7.27. The van der Waals surface area contributed by atoms with Crippen molar-refractivity contribution in [2.75, 3.05) is 7.05 Å². The highest BCUT2D eigenvalue weighted by molar-refractivity contribution is 6.12. The van der Waals surface area contributed by atoms with Crippen LogP contribution < -0.4 is 0 Å². The molecule has 0 aliphatic carbocycles. The van der Waals surface area contributed by atoms with E-state index in [-0.39, 0.29) is 5.91 Å². The van der Waals surface area contributed by atoms with Crippen molar-refractivity contribution < 1.29 is 9.37 Å². The van der Waals surface area contributed by atoms with Gasteiger partial charge < -0.3 is 0 Å². The molecular weight excluding hydrogens is 164 g/mol. The van der Waals surface area contributed by atoms with E-state index in [0.29, 0.717) is 0 Å². The van der Waals surface area contributed by atoms with Crippen LogP contribution in [0.25, 0.3) is 0 Å². The number of hydrogen-bond acceptors (Lipinski definition) is 2. The van der Waals surface area contributed by atoms with Crippen LogP contribution in [0.3, 0.4) is 0 Å². The maximum atomic E-state index is 11.1. The number of hydrogen-bond donors (Lipinski definition) is 0. The number of nitrogens with zero attached hydrogens (tertiary/aromatic N) is 2. The Labute approximate surface area is 76.0 Å². The van der Waals surface area contributed by atoms with Crippen LogP contribution in [-0.2, 0) is 4.79 Å². The Balaban J connectivity index is 2.50. The highest BCUT2D eigenvalue weighted by Gasteiger charge is 2.23. The summed E-state index contributed by atoms with van der Waals surface area (Å²) in [6.07, 6.45) is 5.04. The Morgan fingerprint density at radius 1 is 1.31 bits per heavy atom. The normalized spacial score (nSPS) is 15.6. The minimum atomic E-state index is 0.000605. The lowest BCUT2D eigenvalue weighted by molar-refractivity contribution is -0.409. The summed E-state index contributed by atoms with van der Waals surface area (Å²) in [5, 5.41) is 0. The van der Waals surface area contributed by atoms with E-state index < -0.39 is 0 Å². The van der Waals surface area contributed by atoms with Gasteiger partial charge in [-0.15, -0.1) is 0 Å². The molecule has 0 aromatic carbocycles. The van der Waals surface area contributed by atoms with Crippen LogP contribution in [0, 0.1) is 0 Å². The highest BCUT2D eigenvalue weighted by Crippen LogP contribution is 2.03. The fourth-order valence-electron chi connectivity index (χ4n) is 1.26. The number of allylic oxidation sites excluding steroid dienone is 1. The predicted molar refractivity (Wildman–Crippen MR) is 48.7 cm³/mol. The molecule has 1 amide bonds. The molecule has 3 heteroatoms. The summed E-state index contributed by atoms with van der Waals surface area (Å²) < 4.78 is 1.59. The van der Waals surface area contributed by atoms with E-state index in [1.54, 1.807) is 30.0 Å². The van der Waals surface area contributed by atoms with Crippen LogP contribution in [-0.4, -0.2) is 28.2 Å². The number of likely N-dealkylation sites (N-methyl/N-ethyl adjacent to an activating group) is 1. The van der Waals surface area contributed by atoms with Crippen LogP contribution in [0.5, 0.6) is 0 Å². The molecule has 0 fully saturated rings. The molecule has 1 aromatic rings. The molecule has 0 atom stereocenters. The van der Waals surface area contributed by atoms with E-state index >= 15 is 0 Å². The quantitative estimate of drug-likeness (QED) is 0.583. The molecule has 0 unspecified atom stereocenters. The molecule has 1 aliphatic heterocycles. The van der Waals surface area contributed by atoms with E-state index in [2.05, 4.69) is 4.98 Å². The minimum Gasteiger partial charge on any atom is -0.250 e. The van der Waals surface area contributed by atoms with Gasteiger partial charge in [0.1, 0.15) is 12.7 Å². The molecule has 0 saturated heterocycles. The molecule has 3 nitrogen and oxygen atoms in total. The average molecular weight is 173 g/mol. The van der Waals surface area contributed by atoms with Gasteiger partial charge in [-0.2, -0.15) is 4.58 Å².